The SMILES string of the molecule is C[C@H](NC(=O)CSc1ccc(C(F)(F)F)cn1)C(=O)O. The van der Waals surface area contributed by atoms with E-state index in [1.807, 2.05) is 0 Å². The molecule has 1 amide bonds. The van der Waals surface area contributed by atoms with E-state index in [1.54, 1.807) is 0 Å². The first kappa shape index (κ1) is 16.3. The lowest BCUT2D eigenvalue weighted by atomic mass is 10.3. The zero-order valence-corrected chi connectivity index (χ0v) is 11.1. The summed E-state index contributed by atoms with van der Waals surface area (Å²) >= 11 is 0.918. The highest BCUT2D eigenvalue weighted by Gasteiger charge is 2.30. The zero-order valence-electron chi connectivity index (χ0n) is 10.3. The molecule has 0 radical (unpaired) electrons. The van der Waals surface area contributed by atoms with E-state index in [0.29, 0.717) is 6.20 Å². The van der Waals surface area contributed by atoms with Crippen molar-refractivity contribution in [2.75, 3.05) is 5.75 Å². The van der Waals surface area contributed by atoms with E-state index in [-0.39, 0.29) is 10.8 Å². The number of amides is 1. The maximum atomic E-state index is 12.3. The van der Waals surface area contributed by atoms with Gasteiger partial charge in [-0.15, -0.1) is 0 Å². The highest BCUT2D eigenvalue weighted by atomic mass is 32.2. The molecule has 1 aromatic heterocycles. The zero-order chi connectivity index (χ0) is 15.3. The number of carboxylic acid groups (broad SMARTS) is 1. The third-order valence-electron chi connectivity index (χ3n) is 2.16. The number of carboxylic acids is 1. The largest absolute Gasteiger partial charge is 0.480 e. The van der Waals surface area contributed by atoms with Gasteiger partial charge in [0.2, 0.25) is 5.91 Å². The average molecular weight is 308 g/mol. The van der Waals surface area contributed by atoms with Crippen LogP contribution < -0.4 is 5.32 Å². The average Bonchev–Trinajstić information content (AvgIpc) is 2.35. The standard InChI is InChI=1S/C11H11F3N2O3S/c1-6(10(18)19)16-8(17)5-20-9-3-2-7(4-15-9)11(12,13)14/h2-4,6H,5H2,1H3,(H,16,17)(H,18,19)/t6-/m0/s1. The lowest BCUT2D eigenvalue weighted by molar-refractivity contribution is -0.141. The minimum atomic E-state index is -4.45. The summed E-state index contributed by atoms with van der Waals surface area (Å²) in [4.78, 5) is 25.4. The molecule has 0 fully saturated rings. The maximum Gasteiger partial charge on any atom is 0.417 e. The molecular formula is C11H11F3N2O3S. The predicted molar refractivity (Wildman–Crippen MR) is 65.2 cm³/mol. The van der Waals surface area contributed by atoms with E-state index in [0.717, 1.165) is 23.9 Å². The molecule has 0 unspecified atom stereocenters. The van der Waals surface area contributed by atoms with Gasteiger partial charge in [0, 0.05) is 6.20 Å². The molecule has 5 nitrogen and oxygen atoms in total. The van der Waals surface area contributed by atoms with Crippen LogP contribution in [0, 0.1) is 0 Å². The Bertz CT molecular complexity index is 491. The smallest absolute Gasteiger partial charge is 0.417 e. The Kier molecular flexibility index (Phi) is 5.37. The second-order valence-electron chi connectivity index (χ2n) is 3.80. The summed E-state index contributed by atoms with van der Waals surface area (Å²) in [6.07, 6.45) is -3.77. The van der Waals surface area contributed by atoms with Crippen LogP contribution in [-0.4, -0.2) is 33.8 Å². The lowest BCUT2D eigenvalue weighted by Gasteiger charge is -2.09. The molecule has 0 bridgehead atoms. The Balaban J connectivity index is 2.50. The van der Waals surface area contributed by atoms with Gasteiger partial charge in [0.05, 0.1) is 16.3 Å². The first-order chi connectivity index (χ1) is 9.20. The topological polar surface area (TPSA) is 79.3 Å². The summed E-state index contributed by atoms with van der Waals surface area (Å²) < 4.78 is 36.9. The molecule has 2 N–H and O–H groups in total. The van der Waals surface area contributed by atoms with E-state index >= 15 is 0 Å². The van der Waals surface area contributed by atoms with Gasteiger partial charge in [-0.25, -0.2) is 4.98 Å². The number of carbonyl (C=O) groups is 2. The molecule has 1 rings (SSSR count). The monoisotopic (exact) mass is 308 g/mol. The van der Waals surface area contributed by atoms with Gasteiger partial charge in [0.15, 0.2) is 0 Å². The summed E-state index contributed by atoms with van der Waals surface area (Å²) in [6, 6.07) is 0.998. The maximum absolute atomic E-state index is 12.3. The fraction of sp³-hybridized carbons (Fsp3) is 0.364. The van der Waals surface area contributed by atoms with Crippen molar-refractivity contribution in [2.45, 2.75) is 24.2 Å². The van der Waals surface area contributed by atoms with Gasteiger partial charge in [-0.2, -0.15) is 13.2 Å². The molecule has 20 heavy (non-hydrogen) atoms. The Morgan fingerprint density at radius 3 is 2.55 bits per heavy atom. The third-order valence-corrected chi connectivity index (χ3v) is 3.11. The van der Waals surface area contributed by atoms with E-state index in [4.69, 9.17) is 5.11 Å². The molecule has 110 valence electrons. The van der Waals surface area contributed by atoms with Gasteiger partial charge in [-0.1, -0.05) is 11.8 Å². The molecule has 0 saturated carbocycles. The number of pyridine rings is 1. The molecule has 9 heteroatoms. The van der Waals surface area contributed by atoms with Crippen molar-refractivity contribution in [3.8, 4) is 0 Å². The number of aliphatic carboxylic acids is 1. The number of thioether (sulfide) groups is 1. The van der Waals surface area contributed by atoms with Crippen molar-refractivity contribution in [2.24, 2.45) is 0 Å². The van der Waals surface area contributed by atoms with Crippen LogP contribution in [0.3, 0.4) is 0 Å². The summed E-state index contributed by atoms with van der Waals surface area (Å²) in [5.41, 5.74) is -0.870. The van der Waals surface area contributed by atoms with Gasteiger partial charge in [0.25, 0.3) is 0 Å². The fourth-order valence-electron chi connectivity index (χ4n) is 1.12. The van der Waals surface area contributed by atoms with Crippen molar-refractivity contribution in [3.05, 3.63) is 23.9 Å². The highest BCUT2D eigenvalue weighted by Crippen LogP contribution is 2.29. The molecule has 0 aliphatic heterocycles. The second-order valence-corrected chi connectivity index (χ2v) is 4.79. The van der Waals surface area contributed by atoms with Crippen LogP contribution in [0.5, 0.6) is 0 Å². The van der Waals surface area contributed by atoms with Crippen LogP contribution >= 0.6 is 11.8 Å². The normalized spacial score (nSPS) is 12.8. The molecule has 0 spiro atoms. The van der Waals surface area contributed by atoms with Crippen LogP contribution in [-0.2, 0) is 15.8 Å². The number of hydrogen-bond acceptors (Lipinski definition) is 4. The molecule has 0 aliphatic rings. The second kappa shape index (κ2) is 6.60. The number of halogens is 3. The van der Waals surface area contributed by atoms with E-state index in [1.165, 1.54) is 6.92 Å². The highest BCUT2D eigenvalue weighted by molar-refractivity contribution is 7.99. The van der Waals surface area contributed by atoms with Crippen molar-refractivity contribution in [3.63, 3.8) is 0 Å². The quantitative estimate of drug-likeness (QED) is 0.811. The first-order valence-corrected chi connectivity index (χ1v) is 6.37. The number of alkyl halides is 3. The predicted octanol–water partition coefficient (Wildman–Crippen LogP) is 1.78. The van der Waals surface area contributed by atoms with Gasteiger partial charge in [-0.05, 0) is 19.1 Å². The lowest BCUT2D eigenvalue weighted by Crippen LogP contribution is -2.39. The van der Waals surface area contributed by atoms with Crippen molar-refractivity contribution in [1.82, 2.24) is 10.3 Å². The van der Waals surface area contributed by atoms with Gasteiger partial charge in [0.1, 0.15) is 6.04 Å². The first-order valence-electron chi connectivity index (χ1n) is 5.38. The van der Waals surface area contributed by atoms with Crippen molar-refractivity contribution >= 4 is 23.6 Å². The number of nitrogens with one attached hydrogen (secondary N) is 1. The van der Waals surface area contributed by atoms with E-state index < -0.39 is 29.7 Å². The number of nitrogens with zero attached hydrogens (tertiary/aromatic N) is 1. The summed E-state index contributed by atoms with van der Waals surface area (Å²) in [5.74, 6) is -1.83. The van der Waals surface area contributed by atoms with Crippen molar-refractivity contribution < 1.29 is 27.9 Å². The molecular weight excluding hydrogens is 297 g/mol. The van der Waals surface area contributed by atoms with Crippen LogP contribution in [0.15, 0.2) is 23.4 Å². The van der Waals surface area contributed by atoms with E-state index in [9.17, 15) is 22.8 Å². The van der Waals surface area contributed by atoms with Crippen LogP contribution in [0.2, 0.25) is 0 Å². The third kappa shape index (κ3) is 5.08. The molecule has 1 atom stereocenters. The number of carbonyl (C=O) groups excluding carboxylic acids is 1. The van der Waals surface area contributed by atoms with Gasteiger partial charge < -0.3 is 10.4 Å². The minimum absolute atomic E-state index is 0.129. The number of hydrogen-bond donors (Lipinski definition) is 2. The Morgan fingerprint density at radius 2 is 2.10 bits per heavy atom. The molecule has 0 aliphatic carbocycles. The Hall–Kier alpha value is -1.77. The Labute approximate surface area is 116 Å². The summed E-state index contributed by atoms with van der Waals surface area (Å²) in [6.45, 7) is 1.31. The number of rotatable bonds is 5. The van der Waals surface area contributed by atoms with Gasteiger partial charge >= 0.3 is 12.1 Å². The van der Waals surface area contributed by atoms with Crippen LogP contribution in [0.1, 0.15) is 12.5 Å². The summed E-state index contributed by atoms with van der Waals surface area (Å²) in [7, 11) is 0. The minimum Gasteiger partial charge on any atom is -0.480 e. The van der Waals surface area contributed by atoms with E-state index in [2.05, 4.69) is 10.3 Å². The van der Waals surface area contributed by atoms with Crippen LogP contribution in [0.25, 0.3) is 0 Å². The van der Waals surface area contributed by atoms with Gasteiger partial charge in [-0.3, -0.25) is 9.59 Å². The van der Waals surface area contributed by atoms with Crippen molar-refractivity contribution in [1.29, 1.82) is 0 Å². The summed E-state index contributed by atoms with van der Waals surface area (Å²) in [5, 5.41) is 11.0. The molecule has 1 heterocycles. The molecule has 0 saturated heterocycles. The fourth-order valence-corrected chi connectivity index (χ4v) is 1.77. The number of aromatic nitrogens is 1. The Morgan fingerprint density at radius 1 is 1.45 bits per heavy atom. The van der Waals surface area contributed by atoms with Crippen LogP contribution in [0.4, 0.5) is 13.2 Å². The molecule has 1 aromatic rings. The molecule has 0 aromatic carbocycles.